The second-order valence-corrected chi connectivity index (χ2v) is 12.1. The van der Waals surface area contributed by atoms with Gasteiger partial charge in [-0.05, 0) is 81.1 Å². The lowest BCUT2D eigenvalue weighted by molar-refractivity contribution is -0.468. The molecular weight excluding hydrogens is 360 g/mol. The van der Waals surface area contributed by atoms with Crippen molar-refractivity contribution in [1.29, 1.82) is 0 Å². The first-order chi connectivity index (χ1) is 13.0. The summed E-state index contributed by atoms with van der Waals surface area (Å²) in [5, 5.41) is 0. The van der Waals surface area contributed by atoms with Gasteiger partial charge < -0.3 is 14.2 Å². The lowest BCUT2D eigenvalue weighted by atomic mass is 9.88. The fourth-order valence-electron chi connectivity index (χ4n) is 3.77. The Labute approximate surface area is 183 Å². The Balaban J connectivity index is 5.81. The van der Waals surface area contributed by atoms with Crippen molar-refractivity contribution in [3.8, 4) is 0 Å². The maximum atomic E-state index is 6.69. The van der Waals surface area contributed by atoms with Crippen LogP contribution in [0.2, 0.25) is 0 Å². The molecule has 29 heavy (non-hydrogen) atoms. The van der Waals surface area contributed by atoms with Gasteiger partial charge >= 0.3 is 0 Å². The van der Waals surface area contributed by atoms with Gasteiger partial charge in [0, 0.05) is 5.92 Å². The van der Waals surface area contributed by atoms with E-state index in [4.69, 9.17) is 14.2 Å². The normalized spacial score (nSPS) is 15.2. The maximum Gasteiger partial charge on any atom is 0.287 e. The molecule has 0 radical (unpaired) electrons. The quantitative estimate of drug-likeness (QED) is 0.223. The number of unbranched alkanes of at least 4 members (excludes halogenated alkanes) is 5. The molecule has 0 saturated heterocycles. The van der Waals surface area contributed by atoms with Crippen LogP contribution < -0.4 is 0 Å². The van der Waals surface area contributed by atoms with Crippen LogP contribution in [-0.2, 0) is 14.2 Å². The lowest BCUT2D eigenvalue weighted by Crippen LogP contribution is -2.57. The Kier molecular flexibility index (Phi) is 12.0. The molecule has 1 unspecified atom stereocenters. The minimum absolute atomic E-state index is 0.186. The summed E-state index contributed by atoms with van der Waals surface area (Å²) >= 11 is 0. The largest absolute Gasteiger partial charge is 0.321 e. The average Bonchev–Trinajstić information content (AvgIpc) is 2.43. The Bertz CT molecular complexity index is 380. The third-order valence-corrected chi connectivity index (χ3v) is 4.51. The highest BCUT2D eigenvalue weighted by atomic mass is 16.9. The van der Waals surface area contributed by atoms with Gasteiger partial charge in [-0.3, -0.25) is 0 Å². The van der Waals surface area contributed by atoms with E-state index < -0.39 is 5.97 Å². The van der Waals surface area contributed by atoms with Crippen molar-refractivity contribution >= 4 is 0 Å². The van der Waals surface area contributed by atoms with Gasteiger partial charge in [0.1, 0.15) is 0 Å². The van der Waals surface area contributed by atoms with Gasteiger partial charge in [0.15, 0.2) is 0 Å². The highest BCUT2D eigenvalue weighted by Gasteiger charge is 2.50. The molecule has 0 fully saturated rings. The van der Waals surface area contributed by atoms with Crippen LogP contribution in [0.15, 0.2) is 0 Å². The lowest BCUT2D eigenvalue weighted by Gasteiger charge is -2.49. The summed E-state index contributed by atoms with van der Waals surface area (Å²) in [7, 11) is 0. The van der Waals surface area contributed by atoms with E-state index in [2.05, 4.69) is 83.1 Å². The van der Waals surface area contributed by atoms with Crippen molar-refractivity contribution in [1.82, 2.24) is 0 Å². The minimum Gasteiger partial charge on any atom is -0.321 e. The molecular formula is C26H54O3. The summed E-state index contributed by atoms with van der Waals surface area (Å²) < 4.78 is 20.1. The van der Waals surface area contributed by atoms with Crippen LogP contribution in [-0.4, -0.2) is 22.8 Å². The van der Waals surface area contributed by atoms with Gasteiger partial charge in [-0.2, -0.15) is 0 Å². The summed E-state index contributed by atoms with van der Waals surface area (Å²) in [5.41, 5.74) is -1.10. The third-order valence-electron chi connectivity index (χ3n) is 4.51. The van der Waals surface area contributed by atoms with Crippen LogP contribution >= 0.6 is 0 Å². The maximum absolute atomic E-state index is 6.69. The fraction of sp³-hybridized carbons (Fsp3) is 1.00. The molecule has 3 heteroatoms. The first kappa shape index (κ1) is 28.9. The van der Waals surface area contributed by atoms with Crippen molar-refractivity contribution < 1.29 is 14.2 Å². The van der Waals surface area contributed by atoms with Gasteiger partial charge in [-0.15, -0.1) is 0 Å². The minimum atomic E-state index is -1.05. The van der Waals surface area contributed by atoms with E-state index in [9.17, 15) is 0 Å². The summed E-state index contributed by atoms with van der Waals surface area (Å²) in [5.74, 6) is -0.316. The second-order valence-electron chi connectivity index (χ2n) is 12.1. The third kappa shape index (κ3) is 14.5. The van der Waals surface area contributed by atoms with Gasteiger partial charge in [0.25, 0.3) is 5.97 Å². The highest BCUT2D eigenvalue weighted by molar-refractivity contribution is 4.82. The molecule has 0 amide bonds. The molecule has 0 bridgehead atoms. The topological polar surface area (TPSA) is 27.7 Å². The molecule has 1 atom stereocenters. The van der Waals surface area contributed by atoms with Crippen LogP contribution in [0.5, 0.6) is 0 Å². The Morgan fingerprint density at radius 1 is 0.586 bits per heavy atom. The van der Waals surface area contributed by atoms with E-state index in [-0.39, 0.29) is 22.7 Å². The molecule has 0 aliphatic heterocycles. The van der Waals surface area contributed by atoms with E-state index in [0.717, 1.165) is 12.8 Å². The van der Waals surface area contributed by atoms with Crippen LogP contribution in [0.1, 0.15) is 134 Å². The number of ether oxygens (including phenoxy) is 3. The van der Waals surface area contributed by atoms with Gasteiger partial charge in [-0.25, -0.2) is 0 Å². The number of hydrogen-bond donors (Lipinski definition) is 0. The van der Waals surface area contributed by atoms with E-state index in [0.29, 0.717) is 5.92 Å². The zero-order valence-electron chi connectivity index (χ0n) is 22.0. The molecule has 0 aromatic carbocycles. The van der Waals surface area contributed by atoms with E-state index >= 15 is 0 Å². The summed E-state index contributed by atoms with van der Waals surface area (Å²) in [4.78, 5) is 0. The molecule has 0 aliphatic carbocycles. The molecule has 0 saturated carbocycles. The molecule has 0 aromatic rings. The molecule has 0 N–H and O–H groups in total. The van der Waals surface area contributed by atoms with Crippen molar-refractivity contribution in [2.24, 2.45) is 11.8 Å². The van der Waals surface area contributed by atoms with Crippen LogP contribution in [0.4, 0.5) is 0 Å². The van der Waals surface area contributed by atoms with Crippen molar-refractivity contribution in [3.05, 3.63) is 0 Å². The zero-order valence-corrected chi connectivity index (χ0v) is 22.0. The Morgan fingerprint density at radius 2 is 0.966 bits per heavy atom. The summed E-state index contributed by atoms with van der Waals surface area (Å²) in [6.45, 7) is 25.7. The molecule has 0 aliphatic rings. The fourth-order valence-corrected chi connectivity index (χ4v) is 3.77. The van der Waals surface area contributed by atoms with Crippen LogP contribution in [0, 0.1) is 11.8 Å². The van der Waals surface area contributed by atoms with Crippen LogP contribution in [0.25, 0.3) is 0 Å². The Morgan fingerprint density at radius 3 is 1.31 bits per heavy atom. The van der Waals surface area contributed by atoms with Gasteiger partial charge in [0.05, 0.1) is 16.8 Å². The molecule has 0 spiro atoms. The van der Waals surface area contributed by atoms with E-state index in [1.165, 1.54) is 38.5 Å². The SMILES string of the molecule is CCCCCCCCC(CC(C)C)C(OC(C)(C)C)(OC(C)(C)C)OC(C)(C)C. The molecule has 0 rings (SSSR count). The van der Waals surface area contributed by atoms with Gasteiger partial charge in [-0.1, -0.05) is 59.3 Å². The van der Waals surface area contributed by atoms with E-state index in [1.807, 2.05) is 0 Å². The van der Waals surface area contributed by atoms with Crippen LogP contribution in [0.3, 0.4) is 0 Å². The number of hydrogen-bond acceptors (Lipinski definition) is 3. The van der Waals surface area contributed by atoms with Crippen molar-refractivity contribution in [2.45, 2.75) is 157 Å². The standard InChI is InChI=1S/C26H54O3/c1-13-14-15-16-17-18-19-22(20-21(2)3)26(27-23(4,5)6,28-24(7,8)9)29-25(10,11)12/h21-22H,13-20H2,1-12H3. The molecule has 0 aromatic heterocycles. The summed E-state index contributed by atoms with van der Waals surface area (Å²) in [6.07, 6.45) is 9.83. The van der Waals surface area contributed by atoms with Gasteiger partial charge in [0.2, 0.25) is 0 Å². The highest BCUT2D eigenvalue weighted by Crippen LogP contribution is 2.42. The second kappa shape index (κ2) is 12.1. The Hall–Kier alpha value is -0.120. The first-order valence-electron chi connectivity index (χ1n) is 12.1. The van der Waals surface area contributed by atoms with E-state index in [1.54, 1.807) is 0 Å². The predicted octanol–water partition coefficient (Wildman–Crippen LogP) is 8.50. The number of rotatable bonds is 13. The molecule has 0 heterocycles. The first-order valence-corrected chi connectivity index (χ1v) is 12.1. The molecule has 3 nitrogen and oxygen atoms in total. The van der Waals surface area contributed by atoms with Crippen molar-refractivity contribution in [3.63, 3.8) is 0 Å². The monoisotopic (exact) mass is 414 g/mol. The molecule has 176 valence electrons. The van der Waals surface area contributed by atoms with Crippen molar-refractivity contribution in [2.75, 3.05) is 0 Å². The summed E-state index contributed by atoms with van der Waals surface area (Å²) in [6, 6.07) is 0. The zero-order chi connectivity index (χ0) is 22.9. The smallest absolute Gasteiger partial charge is 0.287 e. The predicted molar refractivity (Wildman–Crippen MR) is 126 cm³/mol. The average molecular weight is 415 g/mol.